The summed E-state index contributed by atoms with van der Waals surface area (Å²) in [5.74, 6) is 3.33. The molecule has 0 amide bonds. The monoisotopic (exact) mass is 300 g/mol. The first-order valence-corrected chi connectivity index (χ1v) is 8.60. The molecule has 0 saturated carbocycles. The van der Waals surface area contributed by atoms with Crippen molar-refractivity contribution >= 4 is 0 Å². The zero-order chi connectivity index (χ0) is 15.7. The molecule has 0 aromatic carbocycles. The van der Waals surface area contributed by atoms with Gasteiger partial charge in [-0.15, -0.1) is 0 Å². The molecular weight excluding hydrogens is 272 g/mol. The molecular formula is C20H28O2. The first-order chi connectivity index (χ1) is 10.5. The van der Waals surface area contributed by atoms with E-state index in [0.717, 1.165) is 25.4 Å². The highest BCUT2D eigenvalue weighted by atomic mass is 16.5. The molecule has 0 saturated heterocycles. The van der Waals surface area contributed by atoms with Gasteiger partial charge in [-0.1, -0.05) is 52.0 Å². The number of allylic oxidation sites excluding steroid dienone is 3. The Morgan fingerprint density at radius 2 is 1.64 bits per heavy atom. The van der Waals surface area contributed by atoms with Crippen LogP contribution in [0.3, 0.4) is 0 Å². The fourth-order valence-corrected chi connectivity index (χ4v) is 3.18. The van der Waals surface area contributed by atoms with Crippen LogP contribution < -0.4 is 0 Å². The van der Waals surface area contributed by atoms with E-state index in [1.54, 1.807) is 0 Å². The van der Waals surface area contributed by atoms with Gasteiger partial charge >= 0.3 is 0 Å². The van der Waals surface area contributed by atoms with Crippen molar-refractivity contribution < 1.29 is 9.47 Å². The van der Waals surface area contributed by atoms with Crippen LogP contribution in [0, 0.1) is 23.7 Å². The number of fused-ring (bicyclic) bond motifs is 1. The summed E-state index contributed by atoms with van der Waals surface area (Å²) in [5.41, 5.74) is 2.52. The molecule has 2 heteroatoms. The highest BCUT2D eigenvalue weighted by Crippen LogP contribution is 2.34. The minimum Gasteiger partial charge on any atom is -0.497 e. The summed E-state index contributed by atoms with van der Waals surface area (Å²) in [4.78, 5) is 0. The third-order valence-electron chi connectivity index (χ3n) is 5.10. The quantitative estimate of drug-likeness (QED) is 0.738. The third kappa shape index (κ3) is 3.22. The van der Waals surface area contributed by atoms with Gasteiger partial charge in [-0.3, -0.25) is 0 Å². The molecule has 3 rings (SSSR count). The standard InChI is InChI=1S/C20H28O2/c1-13(2)17-7-5-15-9-16-6-8-18(14(3)4)12-22-20(16)10-19(15)21-11-17/h5-9,13-14,17-19H,10-12H2,1-4H3. The molecule has 0 spiro atoms. The molecule has 2 heterocycles. The molecule has 0 fully saturated rings. The molecule has 0 aromatic rings. The highest BCUT2D eigenvalue weighted by molar-refractivity contribution is 5.45. The predicted molar refractivity (Wildman–Crippen MR) is 90.4 cm³/mol. The van der Waals surface area contributed by atoms with Gasteiger partial charge in [0.15, 0.2) is 0 Å². The van der Waals surface area contributed by atoms with Crippen LogP contribution in [-0.4, -0.2) is 19.3 Å². The van der Waals surface area contributed by atoms with Gasteiger partial charge in [0.05, 0.1) is 19.3 Å². The fraction of sp³-hybridized carbons (Fsp3) is 0.600. The van der Waals surface area contributed by atoms with E-state index < -0.39 is 0 Å². The maximum Gasteiger partial charge on any atom is 0.106 e. The first-order valence-electron chi connectivity index (χ1n) is 8.60. The van der Waals surface area contributed by atoms with E-state index in [0.29, 0.717) is 23.7 Å². The second-order valence-electron chi connectivity index (χ2n) is 7.39. The van der Waals surface area contributed by atoms with Crippen LogP contribution >= 0.6 is 0 Å². The second-order valence-corrected chi connectivity index (χ2v) is 7.39. The summed E-state index contributed by atoms with van der Waals surface area (Å²) in [5, 5.41) is 0. The SMILES string of the molecule is CC(C)C1C=CC2=C(CC3OCC(C(C)C)C=CC3=C2)OC1. The molecule has 3 unspecified atom stereocenters. The average Bonchev–Trinajstić information content (AvgIpc) is 2.80. The predicted octanol–water partition coefficient (Wildman–Crippen LogP) is 4.66. The van der Waals surface area contributed by atoms with Crippen LogP contribution in [0.4, 0.5) is 0 Å². The molecule has 120 valence electrons. The number of hydrogen-bond acceptors (Lipinski definition) is 2. The van der Waals surface area contributed by atoms with Crippen LogP contribution in [0.1, 0.15) is 34.1 Å². The van der Waals surface area contributed by atoms with Crippen molar-refractivity contribution in [2.24, 2.45) is 23.7 Å². The number of ether oxygens (including phenoxy) is 2. The Bertz CT molecular complexity index is 534. The van der Waals surface area contributed by atoms with Crippen molar-refractivity contribution in [1.29, 1.82) is 0 Å². The Hall–Kier alpha value is -1.28. The minimum atomic E-state index is 0.155. The highest BCUT2D eigenvalue weighted by Gasteiger charge is 2.28. The molecule has 0 bridgehead atoms. The third-order valence-corrected chi connectivity index (χ3v) is 5.10. The van der Waals surface area contributed by atoms with E-state index in [2.05, 4.69) is 58.1 Å². The van der Waals surface area contributed by atoms with Gasteiger partial charge in [0.25, 0.3) is 0 Å². The van der Waals surface area contributed by atoms with Gasteiger partial charge in [-0.05, 0) is 23.5 Å². The lowest BCUT2D eigenvalue weighted by Gasteiger charge is -2.26. The lowest BCUT2D eigenvalue weighted by atomic mass is 9.92. The molecule has 0 N–H and O–H groups in total. The largest absolute Gasteiger partial charge is 0.497 e. The lowest BCUT2D eigenvalue weighted by Crippen LogP contribution is -2.23. The molecule has 22 heavy (non-hydrogen) atoms. The average molecular weight is 300 g/mol. The molecule has 1 aliphatic carbocycles. The van der Waals surface area contributed by atoms with E-state index in [4.69, 9.17) is 9.47 Å². The van der Waals surface area contributed by atoms with Gasteiger partial charge in [0.2, 0.25) is 0 Å². The van der Waals surface area contributed by atoms with Gasteiger partial charge in [0.1, 0.15) is 5.76 Å². The molecule has 3 atom stereocenters. The summed E-state index contributed by atoms with van der Waals surface area (Å²) in [6.45, 7) is 10.6. The zero-order valence-corrected chi connectivity index (χ0v) is 14.2. The van der Waals surface area contributed by atoms with E-state index in [9.17, 15) is 0 Å². The Morgan fingerprint density at radius 3 is 2.36 bits per heavy atom. The maximum atomic E-state index is 6.18. The zero-order valence-electron chi connectivity index (χ0n) is 14.2. The van der Waals surface area contributed by atoms with Gasteiger partial charge in [0, 0.05) is 23.8 Å². The van der Waals surface area contributed by atoms with Crippen molar-refractivity contribution in [3.8, 4) is 0 Å². The van der Waals surface area contributed by atoms with E-state index in [1.165, 1.54) is 11.1 Å². The summed E-state index contributed by atoms with van der Waals surface area (Å²) in [6, 6.07) is 0. The summed E-state index contributed by atoms with van der Waals surface area (Å²) >= 11 is 0. The van der Waals surface area contributed by atoms with Crippen molar-refractivity contribution in [1.82, 2.24) is 0 Å². The lowest BCUT2D eigenvalue weighted by molar-refractivity contribution is 0.0416. The van der Waals surface area contributed by atoms with Crippen molar-refractivity contribution in [3.05, 3.63) is 47.3 Å². The number of hydrogen-bond donors (Lipinski definition) is 0. The number of rotatable bonds is 2. The fourth-order valence-electron chi connectivity index (χ4n) is 3.18. The summed E-state index contributed by atoms with van der Waals surface area (Å²) in [6.07, 6.45) is 12.4. The smallest absolute Gasteiger partial charge is 0.106 e. The van der Waals surface area contributed by atoms with Crippen molar-refractivity contribution in [2.75, 3.05) is 13.2 Å². The molecule has 2 nitrogen and oxygen atoms in total. The van der Waals surface area contributed by atoms with Crippen LogP contribution in [0.15, 0.2) is 47.3 Å². The van der Waals surface area contributed by atoms with Crippen LogP contribution in [-0.2, 0) is 9.47 Å². The Labute approximate surface area is 134 Å². The molecule has 2 aliphatic heterocycles. The Balaban J connectivity index is 1.82. The Morgan fingerprint density at radius 1 is 0.955 bits per heavy atom. The Kier molecular flexibility index (Phi) is 4.58. The molecule has 0 aromatic heterocycles. The normalized spacial score (nSPS) is 31.4. The summed E-state index contributed by atoms with van der Waals surface area (Å²) in [7, 11) is 0. The topological polar surface area (TPSA) is 18.5 Å². The molecule has 0 radical (unpaired) electrons. The van der Waals surface area contributed by atoms with Crippen LogP contribution in [0.5, 0.6) is 0 Å². The van der Waals surface area contributed by atoms with E-state index in [1.807, 2.05) is 0 Å². The maximum absolute atomic E-state index is 6.18. The summed E-state index contributed by atoms with van der Waals surface area (Å²) < 4.78 is 12.3. The second kappa shape index (κ2) is 6.45. The van der Waals surface area contributed by atoms with Gasteiger partial charge < -0.3 is 9.47 Å². The van der Waals surface area contributed by atoms with E-state index >= 15 is 0 Å². The van der Waals surface area contributed by atoms with Crippen LogP contribution in [0.25, 0.3) is 0 Å². The van der Waals surface area contributed by atoms with Gasteiger partial charge in [-0.2, -0.15) is 0 Å². The van der Waals surface area contributed by atoms with Gasteiger partial charge in [-0.25, -0.2) is 0 Å². The van der Waals surface area contributed by atoms with E-state index in [-0.39, 0.29) is 6.10 Å². The minimum absolute atomic E-state index is 0.155. The van der Waals surface area contributed by atoms with Crippen LogP contribution in [0.2, 0.25) is 0 Å². The first kappa shape index (κ1) is 15.6. The molecule has 3 aliphatic rings. The van der Waals surface area contributed by atoms with Crippen molar-refractivity contribution in [3.63, 3.8) is 0 Å². The van der Waals surface area contributed by atoms with Crippen molar-refractivity contribution in [2.45, 2.75) is 40.2 Å².